The molecule has 0 saturated heterocycles. The number of amides is 1. The van der Waals surface area contributed by atoms with Crippen LogP contribution in [0.15, 0.2) is 54.6 Å². The summed E-state index contributed by atoms with van der Waals surface area (Å²) in [5.41, 5.74) is 2.14. The van der Waals surface area contributed by atoms with Crippen molar-refractivity contribution >= 4 is 11.6 Å². The minimum Gasteiger partial charge on any atom is -0.489 e. The van der Waals surface area contributed by atoms with Gasteiger partial charge in [0.05, 0.1) is 0 Å². The zero-order chi connectivity index (χ0) is 17.9. The number of rotatable bonds is 10. The predicted octanol–water partition coefficient (Wildman–Crippen LogP) is 4.33. The molecule has 134 valence electrons. The minimum atomic E-state index is 0.184. The summed E-state index contributed by atoms with van der Waals surface area (Å²) in [6.45, 7) is 4.17. The van der Waals surface area contributed by atoms with E-state index in [4.69, 9.17) is 4.74 Å². The Balaban J connectivity index is 1.70. The van der Waals surface area contributed by atoms with Crippen LogP contribution in [0.4, 0.5) is 5.69 Å². The van der Waals surface area contributed by atoms with Crippen LogP contribution in [0.5, 0.6) is 5.75 Å². The Morgan fingerprint density at radius 2 is 1.80 bits per heavy atom. The highest BCUT2D eigenvalue weighted by molar-refractivity contribution is 5.76. The molecule has 0 radical (unpaired) electrons. The standard InChI is InChI=1S/C21H28N2O2/c1-3-4-16-23(2)21(24)14-15-22-19-10-12-20(13-11-19)25-17-18-8-6-5-7-9-18/h5-13,22H,3-4,14-17H2,1-2H3. The molecule has 25 heavy (non-hydrogen) atoms. The number of carbonyl (C=O) groups excluding carboxylic acids is 1. The lowest BCUT2D eigenvalue weighted by Gasteiger charge is -2.17. The number of hydrogen-bond acceptors (Lipinski definition) is 3. The van der Waals surface area contributed by atoms with Gasteiger partial charge < -0.3 is 15.0 Å². The molecule has 1 amide bonds. The molecule has 0 spiro atoms. The number of carbonyl (C=O) groups is 1. The van der Waals surface area contributed by atoms with E-state index in [9.17, 15) is 4.79 Å². The van der Waals surface area contributed by atoms with Crippen molar-refractivity contribution in [2.75, 3.05) is 25.5 Å². The van der Waals surface area contributed by atoms with E-state index in [2.05, 4.69) is 12.2 Å². The number of benzene rings is 2. The summed E-state index contributed by atoms with van der Waals surface area (Å²) < 4.78 is 5.77. The van der Waals surface area contributed by atoms with Crippen LogP contribution in [0, 0.1) is 0 Å². The molecule has 0 fully saturated rings. The highest BCUT2D eigenvalue weighted by Gasteiger charge is 2.07. The van der Waals surface area contributed by atoms with Crippen LogP contribution in [0.2, 0.25) is 0 Å². The van der Waals surface area contributed by atoms with Crippen molar-refractivity contribution in [2.45, 2.75) is 32.8 Å². The molecular weight excluding hydrogens is 312 g/mol. The van der Waals surface area contributed by atoms with Crippen LogP contribution in [0.3, 0.4) is 0 Å². The lowest BCUT2D eigenvalue weighted by atomic mass is 10.2. The number of nitrogens with zero attached hydrogens (tertiary/aromatic N) is 1. The van der Waals surface area contributed by atoms with Crippen molar-refractivity contribution in [1.29, 1.82) is 0 Å². The van der Waals surface area contributed by atoms with E-state index >= 15 is 0 Å². The maximum absolute atomic E-state index is 12.0. The molecule has 0 bridgehead atoms. The summed E-state index contributed by atoms with van der Waals surface area (Å²) in [5.74, 6) is 1.02. The van der Waals surface area contributed by atoms with Gasteiger partial charge in [0.1, 0.15) is 12.4 Å². The Hall–Kier alpha value is -2.49. The average molecular weight is 340 g/mol. The van der Waals surface area contributed by atoms with Gasteiger partial charge in [0.2, 0.25) is 5.91 Å². The summed E-state index contributed by atoms with van der Waals surface area (Å²) >= 11 is 0. The first kappa shape index (κ1) is 18.8. The summed E-state index contributed by atoms with van der Waals surface area (Å²) in [4.78, 5) is 13.8. The van der Waals surface area contributed by atoms with Gasteiger partial charge in [-0.25, -0.2) is 0 Å². The zero-order valence-electron chi connectivity index (χ0n) is 15.2. The fraction of sp³-hybridized carbons (Fsp3) is 0.381. The molecule has 0 aromatic heterocycles. The third kappa shape index (κ3) is 6.87. The highest BCUT2D eigenvalue weighted by atomic mass is 16.5. The van der Waals surface area contributed by atoms with Crippen molar-refractivity contribution in [2.24, 2.45) is 0 Å². The lowest BCUT2D eigenvalue weighted by Crippen LogP contribution is -2.29. The van der Waals surface area contributed by atoms with E-state index in [-0.39, 0.29) is 5.91 Å². The maximum atomic E-state index is 12.0. The van der Waals surface area contributed by atoms with E-state index < -0.39 is 0 Å². The summed E-state index contributed by atoms with van der Waals surface area (Å²) in [6.07, 6.45) is 2.67. The van der Waals surface area contributed by atoms with Crippen molar-refractivity contribution in [3.8, 4) is 5.75 Å². The van der Waals surface area contributed by atoms with Crippen LogP contribution in [0.25, 0.3) is 0 Å². The molecule has 0 unspecified atom stereocenters. The molecule has 4 heteroatoms. The van der Waals surface area contributed by atoms with Gasteiger partial charge in [-0.2, -0.15) is 0 Å². The normalized spacial score (nSPS) is 10.3. The number of ether oxygens (including phenoxy) is 1. The van der Waals surface area contributed by atoms with Gasteiger partial charge in [0.15, 0.2) is 0 Å². The first-order chi connectivity index (χ1) is 12.2. The van der Waals surface area contributed by atoms with Crippen molar-refractivity contribution in [1.82, 2.24) is 4.90 Å². The fourth-order valence-electron chi connectivity index (χ4n) is 2.43. The summed E-state index contributed by atoms with van der Waals surface area (Å²) in [6, 6.07) is 17.9. The van der Waals surface area contributed by atoms with Crippen LogP contribution in [-0.4, -0.2) is 30.9 Å². The predicted molar refractivity (Wildman–Crippen MR) is 103 cm³/mol. The second-order valence-corrected chi connectivity index (χ2v) is 6.14. The van der Waals surface area contributed by atoms with Gasteiger partial charge in [-0.3, -0.25) is 4.79 Å². The quantitative estimate of drug-likeness (QED) is 0.700. The second kappa shape index (κ2) is 10.4. The second-order valence-electron chi connectivity index (χ2n) is 6.14. The van der Waals surface area contributed by atoms with E-state index in [1.54, 1.807) is 0 Å². The topological polar surface area (TPSA) is 41.6 Å². The molecule has 2 aromatic rings. The Bertz CT molecular complexity index is 626. The molecule has 0 aliphatic carbocycles. The van der Waals surface area contributed by atoms with Crippen molar-refractivity contribution < 1.29 is 9.53 Å². The number of anilines is 1. The van der Waals surface area contributed by atoms with Gasteiger partial charge in [-0.15, -0.1) is 0 Å². The molecular formula is C21H28N2O2. The van der Waals surface area contributed by atoms with Crippen LogP contribution in [-0.2, 0) is 11.4 Å². The van der Waals surface area contributed by atoms with Crippen molar-refractivity contribution in [3.63, 3.8) is 0 Å². The van der Waals surface area contributed by atoms with Gasteiger partial charge in [0.25, 0.3) is 0 Å². The number of unbranched alkanes of at least 4 members (excludes halogenated alkanes) is 1. The van der Waals surface area contributed by atoms with Gasteiger partial charge in [-0.05, 0) is 36.2 Å². The summed E-state index contributed by atoms with van der Waals surface area (Å²) in [7, 11) is 1.87. The maximum Gasteiger partial charge on any atom is 0.224 e. The first-order valence-electron chi connectivity index (χ1n) is 8.93. The van der Waals surface area contributed by atoms with Gasteiger partial charge >= 0.3 is 0 Å². The molecule has 0 aliphatic heterocycles. The molecule has 1 N–H and O–H groups in total. The Labute approximate surface area is 150 Å². The molecule has 0 heterocycles. The molecule has 2 rings (SSSR count). The van der Waals surface area contributed by atoms with E-state index in [0.717, 1.165) is 36.4 Å². The van der Waals surface area contributed by atoms with E-state index in [0.29, 0.717) is 19.6 Å². The third-order valence-electron chi connectivity index (χ3n) is 4.04. The molecule has 0 aliphatic rings. The Kier molecular flexibility index (Phi) is 7.83. The highest BCUT2D eigenvalue weighted by Crippen LogP contribution is 2.17. The first-order valence-corrected chi connectivity index (χ1v) is 8.93. The molecule has 4 nitrogen and oxygen atoms in total. The smallest absolute Gasteiger partial charge is 0.224 e. The lowest BCUT2D eigenvalue weighted by molar-refractivity contribution is -0.129. The number of hydrogen-bond donors (Lipinski definition) is 1. The van der Waals surface area contributed by atoms with E-state index in [1.165, 1.54) is 0 Å². The monoisotopic (exact) mass is 340 g/mol. The van der Waals surface area contributed by atoms with Crippen LogP contribution in [0.1, 0.15) is 31.7 Å². The minimum absolute atomic E-state index is 0.184. The largest absolute Gasteiger partial charge is 0.489 e. The Morgan fingerprint density at radius 3 is 2.48 bits per heavy atom. The Morgan fingerprint density at radius 1 is 1.08 bits per heavy atom. The van der Waals surface area contributed by atoms with Gasteiger partial charge in [-0.1, -0.05) is 43.7 Å². The summed E-state index contributed by atoms with van der Waals surface area (Å²) in [5, 5.41) is 3.28. The molecule has 2 aromatic carbocycles. The van der Waals surface area contributed by atoms with Crippen LogP contribution < -0.4 is 10.1 Å². The number of nitrogens with one attached hydrogen (secondary N) is 1. The average Bonchev–Trinajstić information content (AvgIpc) is 2.66. The zero-order valence-corrected chi connectivity index (χ0v) is 15.2. The van der Waals surface area contributed by atoms with Gasteiger partial charge in [0, 0.05) is 32.2 Å². The fourth-order valence-corrected chi connectivity index (χ4v) is 2.43. The van der Waals surface area contributed by atoms with E-state index in [1.807, 2.05) is 66.5 Å². The van der Waals surface area contributed by atoms with Crippen LogP contribution >= 0.6 is 0 Å². The third-order valence-corrected chi connectivity index (χ3v) is 4.04. The van der Waals surface area contributed by atoms with Crippen molar-refractivity contribution in [3.05, 3.63) is 60.2 Å². The SMILES string of the molecule is CCCCN(C)C(=O)CCNc1ccc(OCc2ccccc2)cc1. The molecule has 0 atom stereocenters. The molecule has 0 saturated carbocycles.